The van der Waals surface area contributed by atoms with Crippen molar-refractivity contribution in [3.63, 3.8) is 0 Å². The summed E-state index contributed by atoms with van der Waals surface area (Å²) in [4.78, 5) is 13.9. The molecule has 2 rings (SSSR count). The lowest BCUT2D eigenvalue weighted by atomic mass is 10.1. The highest BCUT2D eigenvalue weighted by molar-refractivity contribution is 6.42. The Kier molecular flexibility index (Phi) is 4.53. The van der Waals surface area contributed by atoms with E-state index < -0.39 is 0 Å². The molecule has 5 heteroatoms. The van der Waals surface area contributed by atoms with Crippen molar-refractivity contribution >= 4 is 34.8 Å². The summed E-state index contributed by atoms with van der Waals surface area (Å²) in [5.41, 5.74) is 7.88. The van der Waals surface area contributed by atoms with Gasteiger partial charge in [-0.15, -0.1) is 0 Å². The van der Waals surface area contributed by atoms with Crippen LogP contribution in [-0.2, 0) is 6.54 Å². The van der Waals surface area contributed by atoms with Gasteiger partial charge in [-0.05, 0) is 35.9 Å². The van der Waals surface area contributed by atoms with Crippen molar-refractivity contribution in [2.24, 2.45) is 0 Å². The monoisotopic (exact) mass is 308 g/mol. The van der Waals surface area contributed by atoms with E-state index in [1.807, 2.05) is 24.3 Å². The van der Waals surface area contributed by atoms with Crippen LogP contribution in [-0.4, -0.2) is 17.9 Å². The number of nitrogens with two attached hydrogens (primary N) is 1. The third-order valence-corrected chi connectivity index (χ3v) is 3.62. The van der Waals surface area contributed by atoms with E-state index in [9.17, 15) is 4.79 Å². The van der Waals surface area contributed by atoms with Crippen molar-refractivity contribution in [1.29, 1.82) is 0 Å². The van der Waals surface area contributed by atoms with Crippen LogP contribution < -0.4 is 5.73 Å². The maximum absolute atomic E-state index is 12.3. The van der Waals surface area contributed by atoms with E-state index in [-0.39, 0.29) is 5.91 Å². The number of anilines is 1. The Morgan fingerprint density at radius 2 is 1.90 bits per heavy atom. The van der Waals surface area contributed by atoms with E-state index in [0.717, 1.165) is 5.56 Å². The van der Waals surface area contributed by atoms with Crippen molar-refractivity contribution in [3.8, 4) is 0 Å². The molecule has 2 aromatic rings. The molecule has 20 heavy (non-hydrogen) atoms. The van der Waals surface area contributed by atoms with E-state index in [1.165, 1.54) is 0 Å². The normalized spacial score (nSPS) is 10.3. The fraction of sp³-hybridized carbons (Fsp3) is 0.133. The Labute approximate surface area is 127 Å². The van der Waals surface area contributed by atoms with Crippen LogP contribution in [0.4, 0.5) is 5.69 Å². The molecule has 0 spiro atoms. The summed E-state index contributed by atoms with van der Waals surface area (Å²) in [7, 11) is 1.73. The van der Waals surface area contributed by atoms with Crippen LogP contribution in [0.2, 0.25) is 10.0 Å². The lowest BCUT2D eigenvalue weighted by molar-refractivity contribution is 0.0785. The zero-order chi connectivity index (χ0) is 14.7. The largest absolute Gasteiger partial charge is 0.399 e. The molecule has 104 valence electrons. The number of hydrogen-bond donors (Lipinski definition) is 1. The van der Waals surface area contributed by atoms with E-state index in [0.29, 0.717) is 27.8 Å². The van der Waals surface area contributed by atoms with Crippen molar-refractivity contribution in [3.05, 3.63) is 63.6 Å². The molecule has 0 aliphatic heterocycles. The molecule has 0 atom stereocenters. The molecule has 3 nitrogen and oxygen atoms in total. The summed E-state index contributed by atoms with van der Waals surface area (Å²) < 4.78 is 0. The number of hydrogen-bond acceptors (Lipinski definition) is 2. The van der Waals surface area contributed by atoms with Crippen LogP contribution in [0.3, 0.4) is 0 Å². The summed E-state index contributed by atoms with van der Waals surface area (Å²) in [6.45, 7) is 0.476. The van der Waals surface area contributed by atoms with Gasteiger partial charge in [0.2, 0.25) is 0 Å². The van der Waals surface area contributed by atoms with E-state index in [2.05, 4.69) is 0 Å². The molecule has 0 fully saturated rings. The number of amides is 1. The van der Waals surface area contributed by atoms with Crippen LogP contribution in [0, 0.1) is 0 Å². The highest BCUT2D eigenvalue weighted by Gasteiger charge is 2.13. The average Bonchev–Trinajstić information content (AvgIpc) is 2.41. The van der Waals surface area contributed by atoms with Crippen LogP contribution in [0.15, 0.2) is 42.5 Å². The molecule has 0 unspecified atom stereocenters. The highest BCUT2D eigenvalue weighted by Crippen LogP contribution is 2.23. The first-order valence-electron chi connectivity index (χ1n) is 6.02. The van der Waals surface area contributed by atoms with Crippen LogP contribution in [0.25, 0.3) is 0 Å². The van der Waals surface area contributed by atoms with Crippen molar-refractivity contribution in [2.45, 2.75) is 6.54 Å². The first kappa shape index (κ1) is 14.7. The predicted molar refractivity (Wildman–Crippen MR) is 83.1 cm³/mol. The Morgan fingerprint density at radius 1 is 1.15 bits per heavy atom. The van der Waals surface area contributed by atoms with Gasteiger partial charge < -0.3 is 10.6 Å². The Bertz CT molecular complexity index is 644. The van der Waals surface area contributed by atoms with Gasteiger partial charge in [0, 0.05) is 24.8 Å². The number of carbonyl (C=O) groups excluding carboxylic acids is 1. The summed E-state index contributed by atoms with van der Waals surface area (Å²) in [5.74, 6) is -0.119. The van der Waals surface area contributed by atoms with Crippen LogP contribution in [0.1, 0.15) is 15.9 Å². The topological polar surface area (TPSA) is 46.3 Å². The Morgan fingerprint density at radius 3 is 2.55 bits per heavy atom. The second-order valence-corrected chi connectivity index (χ2v) is 5.35. The molecule has 0 radical (unpaired) electrons. The van der Waals surface area contributed by atoms with Gasteiger partial charge in [-0.25, -0.2) is 0 Å². The minimum Gasteiger partial charge on any atom is -0.399 e. The first-order chi connectivity index (χ1) is 9.47. The van der Waals surface area contributed by atoms with Crippen molar-refractivity contribution in [2.75, 3.05) is 12.8 Å². The molecular formula is C15H14Cl2N2O. The van der Waals surface area contributed by atoms with Gasteiger partial charge in [-0.2, -0.15) is 0 Å². The van der Waals surface area contributed by atoms with Gasteiger partial charge >= 0.3 is 0 Å². The molecule has 0 aromatic heterocycles. The summed E-state index contributed by atoms with van der Waals surface area (Å²) in [6.07, 6.45) is 0. The van der Waals surface area contributed by atoms with Crippen LogP contribution in [0.5, 0.6) is 0 Å². The molecular weight excluding hydrogens is 295 g/mol. The molecule has 0 bridgehead atoms. The Hall–Kier alpha value is -1.71. The summed E-state index contributed by atoms with van der Waals surface area (Å²) in [6, 6.07) is 12.3. The Balaban J connectivity index is 2.14. The van der Waals surface area contributed by atoms with E-state index in [1.54, 1.807) is 30.1 Å². The molecule has 0 saturated heterocycles. The number of carbonyl (C=O) groups is 1. The van der Waals surface area contributed by atoms with Gasteiger partial charge in [-0.1, -0.05) is 35.3 Å². The van der Waals surface area contributed by atoms with Gasteiger partial charge in [0.1, 0.15) is 0 Å². The zero-order valence-electron chi connectivity index (χ0n) is 10.9. The third-order valence-electron chi connectivity index (χ3n) is 2.88. The second-order valence-electron chi connectivity index (χ2n) is 4.54. The predicted octanol–water partition coefficient (Wildman–Crippen LogP) is 3.85. The first-order valence-corrected chi connectivity index (χ1v) is 6.78. The van der Waals surface area contributed by atoms with E-state index >= 15 is 0 Å². The molecule has 0 aliphatic carbocycles. The minimum absolute atomic E-state index is 0.119. The van der Waals surface area contributed by atoms with Gasteiger partial charge in [-0.3, -0.25) is 4.79 Å². The highest BCUT2D eigenvalue weighted by atomic mass is 35.5. The number of halogens is 2. The number of rotatable bonds is 3. The number of benzene rings is 2. The minimum atomic E-state index is -0.119. The molecule has 0 saturated carbocycles. The lowest BCUT2D eigenvalue weighted by Gasteiger charge is -2.18. The van der Waals surface area contributed by atoms with Gasteiger partial charge in [0.05, 0.1) is 10.0 Å². The fourth-order valence-corrected chi connectivity index (χ4v) is 2.18. The maximum Gasteiger partial charge on any atom is 0.253 e. The zero-order valence-corrected chi connectivity index (χ0v) is 12.4. The molecule has 2 N–H and O–H groups in total. The summed E-state index contributed by atoms with van der Waals surface area (Å²) in [5, 5.41) is 0.802. The van der Waals surface area contributed by atoms with Crippen molar-refractivity contribution < 1.29 is 4.79 Å². The second kappa shape index (κ2) is 6.16. The molecule has 0 aliphatic rings. The smallest absolute Gasteiger partial charge is 0.253 e. The third kappa shape index (κ3) is 3.44. The van der Waals surface area contributed by atoms with Gasteiger partial charge in [0.15, 0.2) is 0 Å². The van der Waals surface area contributed by atoms with Crippen LogP contribution >= 0.6 is 23.2 Å². The lowest BCUT2D eigenvalue weighted by Crippen LogP contribution is -2.26. The average molecular weight is 309 g/mol. The molecule has 2 aromatic carbocycles. The number of nitrogens with zero attached hydrogens (tertiary/aromatic N) is 1. The molecule has 0 heterocycles. The molecule has 1 amide bonds. The van der Waals surface area contributed by atoms with Crippen molar-refractivity contribution in [1.82, 2.24) is 4.90 Å². The number of nitrogen functional groups attached to an aromatic ring is 1. The quantitative estimate of drug-likeness (QED) is 0.875. The fourth-order valence-electron chi connectivity index (χ4n) is 1.89. The SMILES string of the molecule is CN(Cc1cccc(N)c1)C(=O)c1ccc(Cl)c(Cl)c1. The van der Waals surface area contributed by atoms with E-state index in [4.69, 9.17) is 28.9 Å². The maximum atomic E-state index is 12.3. The van der Waals surface area contributed by atoms with Gasteiger partial charge in [0.25, 0.3) is 5.91 Å². The standard InChI is InChI=1S/C15H14Cl2N2O/c1-19(9-10-3-2-4-12(18)7-10)15(20)11-5-6-13(16)14(17)8-11/h2-8H,9,18H2,1H3. The summed E-state index contributed by atoms with van der Waals surface area (Å²) >= 11 is 11.8.